The number of nitrogens with one attached hydrogen (secondary N) is 2. The first-order valence-corrected chi connectivity index (χ1v) is 6.67. The maximum Gasteiger partial charge on any atom is 0.252 e. The Morgan fingerprint density at radius 2 is 2.26 bits per heavy atom. The predicted octanol–water partition coefficient (Wildman–Crippen LogP) is 2.47. The Morgan fingerprint density at radius 1 is 1.37 bits per heavy atom. The second kappa shape index (κ2) is 5.05. The Morgan fingerprint density at radius 3 is 3.05 bits per heavy atom. The summed E-state index contributed by atoms with van der Waals surface area (Å²) in [6.07, 6.45) is 5.07. The predicted molar refractivity (Wildman–Crippen MR) is 74.2 cm³/mol. The molecule has 2 unspecified atom stereocenters. The third kappa shape index (κ3) is 2.36. The summed E-state index contributed by atoms with van der Waals surface area (Å²) in [4.78, 5) is 15.5. The molecule has 1 heterocycles. The minimum atomic E-state index is 0.00644. The van der Waals surface area contributed by atoms with Crippen LogP contribution in [0.5, 0.6) is 0 Å². The lowest BCUT2D eigenvalue weighted by molar-refractivity contribution is 0.0916. The average molecular weight is 258 g/mol. The van der Waals surface area contributed by atoms with Crippen molar-refractivity contribution in [2.24, 2.45) is 0 Å². The first-order valence-electron chi connectivity index (χ1n) is 6.67. The average Bonchev–Trinajstić information content (AvgIpc) is 3.05. The van der Waals surface area contributed by atoms with Crippen molar-refractivity contribution < 1.29 is 9.53 Å². The van der Waals surface area contributed by atoms with Crippen molar-refractivity contribution in [3.8, 4) is 0 Å². The number of benzene rings is 1. The molecule has 1 aromatic heterocycles. The van der Waals surface area contributed by atoms with E-state index in [1.807, 2.05) is 30.5 Å². The summed E-state index contributed by atoms with van der Waals surface area (Å²) in [5, 5.41) is 4.08. The highest BCUT2D eigenvalue weighted by molar-refractivity contribution is 6.06. The normalized spacial score (nSPS) is 22.8. The van der Waals surface area contributed by atoms with E-state index in [1.54, 1.807) is 7.11 Å². The molecule has 4 heteroatoms. The molecule has 1 aliphatic rings. The number of carbonyl (C=O) groups excluding carboxylic acids is 1. The van der Waals surface area contributed by atoms with Gasteiger partial charge in [-0.1, -0.05) is 6.07 Å². The Kier molecular flexibility index (Phi) is 3.25. The largest absolute Gasteiger partial charge is 0.381 e. The van der Waals surface area contributed by atoms with Crippen molar-refractivity contribution in [1.29, 1.82) is 0 Å². The fraction of sp³-hybridized carbons (Fsp3) is 0.400. The number of hydrogen-bond donors (Lipinski definition) is 2. The Bertz CT molecular complexity index is 591. The Labute approximate surface area is 112 Å². The van der Waals surface area contributed by atoms with Crippen LogP contribution in [0.4, 0.5) is 0 Å². The highest BCUT2D eigenvalue weighted by Crippen LogP contribution is 2.23. The van der Waals surface area contributed by atoms with Gasteiger partial charge in [-0.25, -0.2) is 0 Å². The lowest BCUT2D eigenvalue weighted by atomic mass is 10.1. The third-order valence-electron chi connectivity index (χ3n) is 3.89. The van der Waals surface area contributed by atoms with E-state index in [0.29, 0.717) is 0 Å². The molecule has 2 N–H and O–H groups in total. The number of carbonyl (C=O) groups is 1. The van der Waals surface area contributed by atoms with Crippen LogP contribution in [0.1, 0.15) is 29.6 Å². The summed E-state index contributed by atoms with van der Waals surface area (Å²) in [7, 11) is 1.73. The quantitative estimate of drug-likeness (QED) is 0.888. The van der Waals surface area contributed by atoms with Crippen LogP contribution >= 0.6 is 0 Å². The van der Waals surface area contributed by atoms with Crippen molar-refractivity contribution in [3.63, 3.8) is 0 Å². The fourth-order valence-electron chi connectivity index (χ4n) is 2.83. The zero-order chi connectivity index (χ0) is 13.2. The van der Waals surface area contributed by atoms with Crippen LogP contribution in [0, 0.1) is 0 Å². The number of hydrogen-bond acceptors (Lipinski definition) is 2. The van der Waals surface area contributed by atoms with Gasteiger partial charge in [0.25, 0.3) is 5.91 Å². The molecule has 0 saturated heterocycles. The number of ether oxygens (including phenoxy) is 1. The first kappa shape index (κ1) is 12.2. The Hall–Kier alpha value is -1.81. The topological polar surface area (TPSA) is 54.1 Å². The zero-order valence-corrected chi connectivity index (χ0v) is 11.0. The number of methoxy groups -OCH3 is 1. The zero-order valence-electron chi connectivity index (χ0n) is 11.0. The van der Waals surface area contributed by atoms with Crippen LogP contribution < -0.4 is 5.32 Å². The number of rotatable bonds is 3. The SMILES string of the molecule is COC1CCC(NC(=O)c2cccc3[nH]ccc23)C1. The molecule has 0 spiro atoms. The van der Waals surface area contributed by atoms with Crippen LogP contribution in [-0.4, -0.2) is 30.1 Å². The molecule has 0 aliphatic heterocycles. The summed E-state index contributed by atoms with van der Waals surface area (Å²) in [5.74, 6) is 0.00644. The molecule has 1 aromatic carbocycles. The van der Waals surface area contributed by atoms with E-state index in [2.05, 4.69) is 10.3 Å². The molecule has 2 aromatic rings. The van der Waals surface area contributed by atoms with Gasteiger partial charge < -0.3 is 15.0 Å². The lowest BCUT2D eigenvalue weighted by Crippen LogP contribution is -2.33. The van der Waals surface area contributed by atoms with Crippen LogP contribution in [0.2, 0.25) is 0 Å². The van der Waals surface area contributed by atoms with Gasteiger partial charge in [0.1, 0.15) is 0 Å². The monoisotopic (exact) mass is 258 g/mol. The first-order chi connectivity index (χ1) is 9.28. The minimum absolute atomic E-state index is 0.00644. The van der Waals surface area contributed by atoms with Gasteiger partial charge >= 0.3 is 0 Å². The maximum atomic E-state index is 12.3. The summed E-state index contributed by atoms with van der Waals surface area (Å²) in [6.45, 7) is 0. The molecule has 3 rings (SSSR count). The van der Waals surface area contributed by atoms with E-state index in [4.69, 9.17) is 4.74 Å². The molecule has 1 aliphatic carbocycles. The van der Waals surface area contributed by atoms with E-state index < -0.39 is 0 Å². The molecule has 1 amide bonds. The second-order valence-corrected chi connectivity index (χ2v) is 5.09. The number of aromatic nitrogens is 1. The van der Waals surface area contributed by atoms with Gasteiger partial charge in [-0.3, -0.25) is 4.79 Å². The van der Waals surface area contributed by atoms with Gasteiger partial charge in [0.05, 0.1) is 6.10 Å². The highest BCUT2D eigenvalue weighted by atomic mass is 16.5. The van der Waals surface area contributed by atoms with E-state index >= 15 is 0 Å². The van der Waals surface area contributed by atoms with Gasteiger partial charge in [-0.15, -0.1) is 0 Å². The van der Waals surface area contributed by atoms with Crippen molar-refractivity contribution in [1.82, 2.24) is 10.3 Å². The smallest absolute Gasteiger partial charge is 0.252 e. The molecule has 4 nitrogen and oxygen atoms in total. The fourth-order valence-corrected chi connectivity index (χ4v) is 2.83. The molecular weight excluding hydrogens is 240 g/mol. The van der Waals surface area contributed by atoms with E-state index in [9.17, 15) is 4.79 Å². The van der Waals surface area contributed by atoms with Crippen LogP contribution in [0.15, 0.2) is 30.5 Å². The molecular formula is C15H18N2O2. The van der Waals surface area contributed by atoms with Gasteiger partial charge in [0.15, 0.2) is 0 Å². The molecule has 1 saturated carbocycles. The Balaban J connectivity index is 1.76. The standard InChI is InChI=1S/C15H18N2O2/c1-19-11-6-5-10(9-11)17-15(18)13-3-2-4-14-12(13)7-8-16-14/h2-4,7-8,10-11,16H,5-6,9H2,1H3,(H,17,18). The summed E-state index contributed by atoms with van der Waals surface area (Å²) in [6, 6.07) is 7.92. The van der Waals surface area contributed by atoms with Gasteiger partial charge in [0.2, 0.25) is 0 Å². The molecule has 100 valence electrons. The summed E-state index contributed by atoms with van der Waals surface area (Å²) < 4.78 is 5.33. The molecule has 19 heavy (non-hydrogen) atoms. The van der Waals surface area contributed by atoms with Crippen LogP contribution in [-0.2, 0) is 4.74 Å². The number of amides is 1. The molecule has 1 fully saturated rings. The minimum Gasteiger partial charge on any atom is -0.381 e. The molecule has 0 radical (unpaired) electrons. The summed E-state index contributed by atoms with van der Waals surface area (Å²) >= 11 is 0. The number of aromatic amines is 1. The van der Waals surface area contributed by atoms with Crippen molar-refractivity contribution in [2.75, 3.05) is 7.11 Å². The maximum absolute atomic E-state index is 12.3. The van der Waals surface area contributed by atoms with Crippen molar-refractivity contribution in [2.45, 2.75) is 31.4 Å². The third-order valence-corrected chi connectivity index (χ3v) is 3.89. The van der Waals surface area contributed by atoms with Crippen molar-refractivity contribution >= 4 is 16.8 Å². The number of H-pyrrole nitrogens is 1. The van der Waals surface area contributed by atoms with Gasteiger partial charge in [0, 0.05) is 35.8 Å². The van der Waals surface area contributed by atoms with Crippen LogP contribution in [0.3, 0.4) is 0 Å². The highest BCUT2D eigenvalue weighted by Gasteiger charge is 2.26. The van der Waals surface area contributed by atoms with Gasteiger partial charge in [-0.2, -0.15) is 0 Å². The van der Waals surface area contributed by atoms with E-state index in [0.717, 1.165) is 35.7 Å². The second-order valence-electron chi connectivity index (χ2n) is 5.09. The summed E-state index contributed by atoms with van der Waals surface area (Å²) in [5.41, 5.74) is 1.73. The van der Waals surface area contributed by atoms with E-state index in [1.165, 1.54) is 0 Å². The van der Waals surface area contributed by atoms with E-state index in [-0.39, 0.29) is 18.1 Å². The molecule has 2 atom stereocenters. The number of fused-ring (bicyclic) bond motifs is 1. The lowest BCUT2D eigenvalue weighted by Gasteiger charge is -2.13. The molecule has 0 bridgehead atoms. The van der Waals surface area contributed by atoms with Crippen LogP contribution in [0.25, 0.3) is 10.9 Å². The van der Waals surface area contributed by atoms with Gasteiger partial charge in [-0.05, 0) is 37.5 Å². The van der Waals surface area contributed by atoms with Crippen molar-refractivity contribution in [3.05, 3.63) is 36.0 Å².